The van der Waals surface area contributed by atoms with E-state index in [0.717, 1.165) is 39.2 Å². The van der Waals surface area contributed by atoms with Gasteiger partial charge in [-0.1, -0.05) is 58.0 Å². The first-order valence-electron chi connectivity index (χ1n) is 12.1. The van der Waals surface area contributed by atoms with Crippen molar-refractivity contribution in [2.75, 3.05) is 0 Å². The SMILES string of the molecule is Cc1ccc(-c2cc(C(C)C)c(CC(=O)N=[S@@](N)(=O)c3ncc(C(C)(C)O)s3)c(C(C)C)c2)cc1C. The van der Waals surface area contributed by atoms with Crippen LogP contribution in [0.25, 0.3) is 11.1 Å². The molecule has 0 aliphatic heterocycles. The van der Waals surface area contributed by atoms with Crippen molar-refractivity contribution < 1.29 is 14.1 Å². The molecule has 0 bridgehead atoms. The van der Waals surface area contributed by atoms with Crippen molar-refractivity contribution in [1.82, 2.24) is 4.98 Å². The zero-order valence-electron chi connectivity index (χ0n) is 22.4. The molecule has 0 aliphatic rings. The van der Waals surface area contributed by atoms with Gasteiger partial charge in [-0.15, -0.1) is 15.7 Å². The number of nitrogens with two attached hydrogens (primary N) is 1. The van der Waals surface area contributed by atoms with Crippen molar-refractivity contribution in [2.24, 2.45) is 9.50 Å². The predicted molar refractivity (Wildman–Crippen MR) is 149 cm³/mol. The van der Waals surface area contributed by atoms with E-state index in [1.54, 1.807) is 13.8 Å². The summed E-state index contributed by atoms with van der Waals surface area (Å²) >= 11 is 1.01. The van der Waals surface area contributed by atoms with Crippen LogP contribution in [0.15, 0.2) is 45.2 Å². The van der Waals surface area contributed by atoms with Crippen LogP contribution in [0.4, 0.5) is 0 Å². The number of amides is 1. The van der Waals surface area contributed by atoms with Gasteiger partial charge in [0.2, 0.25) is 4.34 Å². The Morgan fingerprint density at radius 3 is 2.11 bits per heavy atom. The molecule has 1 amide bonds. The van der Waals surface area contributed by atoms with Crippen molar-refractivity contribution in [3.05, 3.63) is 69.2 Å². The molecular formula is C28H37N3O3S2. The van der Waals surface area contributed by atoms with Gasteiger partial charge in [0.15, 0.2) is 9.92 Å². The lowest BCUT2D eigenvalue weighted by Gasteiger charge is -2.21. The highest BCUT2D eigenvalue weighted by Gasteiger charge is 2.24. The van der Waals surface area contributed by atoms with E-state index in [-0.39, 0.29) is 22.6 Å². The minimum absolute atomic E-state index is 0.00610. The maximum atomic E-state index is 13.1. The summed E-state index contributed by atoms with van der Waals surface area (Å²) in [6.07, 6.45) is 1.43. The Morgan fingerprint density at radius 1 is 1.06 bits per heavy atom. The number of rotatable bonds is 7. The summed E-state index contributed by atoms with van der Waals surface area (Å²) < 4.78 is 17.1. The molecule has 2 aromatic carbocycles. The summed E-state index contributed by atoms with van der Waals surface area (Å²) in [5.74, 6) is -0.204. The number of nitrogens with zero attached hydrogens (tertiary/aromatic N) is 2. The highest BCUT2D eigenvalue weighted by atomic mass is 32.2. The van der Waals surface area contributed by atoms with Gasteiger partial charge in [-0.2, -0.15) is 0 Å². The number of hydrogen-bond donors (Lipinski definition) is 2. The Bertz CT molecular complexity index is 1380. The summed E-state index contributed by atoms with van der Waals surface area (Å²) in [4.78, 5) is 17.7. The first-order valence-corrected chi connectivity index (χ1v) is 14.5. The molecule has 6 nitrogen and oxygen atoms in total. The van der Waals surface area contributed by atoms with Gasteiger partial charge in [-0.25, -0.2) is 14.3 Å². The lowest BCUT2D eigenvalue weighted by molar-refractivity contribution is -0.117. The number of aryl methyl sites for hydroxylation is 2. The maximum Gasteiger partial charge on any atom is 0.259 e. The third kappa shape index (κ3) is 6.29. The van der Waals surface area contributed by atoms with Gasteiger partial charge in [-0.05, 0) is 78.5 Å². The fraction of sp³-hybridized carbons (Fsp3) is 0.429. The first kappa shape index (κ1) is 28.2. The fourth-order valence-corrected chi connectivity index (χ4v) is 6.25. The quantitative estimate of drug-likeness (QED) is 0.372. The highest BCUT2D eigenvalue weighted by Crippen LogP contribution is 2.35. The molecule has 1 atom stereocenters. The number of thiazole rings is 1. The molecular weight excluding hydrogens is 490 g/mol. The molecule has 3 rings (SSSR count). The zero-order valence-corrected chi connectivity index (χ0v) is 24.0. The first-order chi connectivity index (χ1) is 16.6. The van der Waals surface area contributed by atoms with Crippen molar-refractivity contribution >= 4 is 27.2 Å². The van der Waals surface area contributed by atoms with E-state index in [2.05, 4.69) is 81.2 Å². The molecule has 0 radical (unpaired) electrons. The van der Waals surface area contributed by atoms with Crippen LogP contribution in [0.1, 0.15) is 86.1 Å². The van der Waals surface area contributed by atoms with Crippen LogP contribution in [-0.4, -0.2) is 20.2 Å². The van der Waals surface area contributed by atoms with Gasteiger partial charge in [-0.3, -0.25) is 4.79 Å². The number of benzene rings is 2. The second kappa shape index (κ2) is 10.5. The summed E-state index contributed by atoms with van der Waals surface area (Å²) in [6.45, 7) is 15.8. The van der Waals surface area contributed by atoms with Gasteiger partial charge >= 0.3 is 0 Å². The fourth-order valence-electron chi connectivity index (χ4n) is 4.09. The Hall–Kier alpha value is -2.39. The van der Waals surface area contributed by atoms with Gasteiger partial charge in [0.05, 0.1) is 16.9 Å². The van der Waals surface area contributed by atoms with Crippen LogP contribution in [0.2, 0.25) is 0 Å². The standard InChI is InChI=1S/C28H37N3O3S2/c1-16(2)22-12-21(20-10-9-18(5)19(6)11-20)13-23(17(3)4)24(22)14-26(32)31-36(29,34)27-30-15-25(35-27)28(7,8)33/h9-13,15-17,33H,14H2,1-8H3,(H2,29,31,32,34)/t36-/m1/s1. The lowest BCUT2D eigenvalue weighted by Crippen LogP contribution is -2.17. The molecule has 0 aliphatic carbocycles. The Balaban J connectivity index is 2.05. The lowest BCUT2D eigenvalue weighted by atomic mass is 9.83. The van der Waals surface area contributed by atoms with Crippen LogP contribution in [0.3, 0.4) is 0 Å². The molecule has 194 valence electrons. The third-order valence-electron chi connectivity index (χ3n) is 6.31. The van der Waals surface area contributed by atoms with Crippen LogP contribution in [-0.2, 0) is 26.7 Å². The molecule has 0 fully saturated rings. The molecule has 3 N–H and O–H groups in total. The highest BCUT2D eigenvalue weighted by molar-refractivity contribution is 7.93. The Morgan fingerprint density at radius 2 is 1.64 bits per heavy atom. The molecule has 1 heterocycles. The number of aromatic nitrogens is 1. The molecule has 1 aromatic heterocycles. The normalized spacial score (nSPS) is 13.8. The molecule has 0 spiro atoms. The monoisotopic (exact) mass is 527 g/mol. The second-order valence-electron chi connectivity index (χ2n) is 10.5. The van der Waals surface area contributed by atoms with Crippen molar-refractivity contribution in [1.29, 1.82) is 0 Å². The average molecular weight is 528 g/mol. The molecule has 0 saturated heterocycles. The summed E-state index contributed by atoms with van der Waals surface area (Å²) in [5.41, 5.74) is 6.63. The topological polar surface area (TPSA) is 106 Å². The molecule has 36 heavy (non-hydrogen) atoms. The molecule has 0 saturated carbocycles. The summed E-state index contributed by atoms with van der Waals surface area (Å²) in [6, 6.07) is 10.8. The molecule has 0 unspecified atom stereocenters. The van der Waals surface area contributed by atoms with Crippen LogP contribution >= 0.6 is 11.3 Å². The summed E-state index contributed by atoms with van der Waals surface area (Å²) in [7, 11) is -3.52. The zero-order chi connectivity index (χ0) is 27.0. The van der Waals surface area contributed by atoms with Crippen LogP contribution < -0.4 is 5.14 Å². The molecule has 3 aromatic rings. The predicted octanol–water partition coefficient (Wildman–Crippen LogP) is 6.37. The summed E-state index contributed by atoms with van der Waals surface area (Å²) in [5, 5.41) is 16.2. The van der Waals surface area contributed by atoms with Gasteiger partial charge in [0, 0.05) is 6.20 Å². The average Bonchev–Trinajstić information content (AvgIpc) is 3.27. The third-order valence-corrected chi connectivity index (χ3v) is 9.46. The second-order valence-corrected chi connectivity index (χ2v) is 13.5. The van der Waals surface area contributed by atoms with Gasteiger partial charge < -0.3 is 5.11 Å². The minimum atomic E-state index is -3.52. The maximum absolute atomic E-state index is 13.1. The van der Waals surface area contributed by atoms with E-state index in [1.807, 2.05) is 0 Å². The largest absolute Gasteiger partial charge is 0.385 e. The van der Waals surface area contributed by atoms with Crippen molar-refractivity contribution in [3.63, 3.8) is 0 Å². The number of hydrogen-bond acceptors (Lipinski definition) is 5. The van der Waals surface area contributed by atoms with Crippen molar-refractivity contribution in [2.45, 2.75) is 83.6 Å². The number of carbonyl (C=O) groups excluding carboxylic acids is 1. The minimum Gasteiger partial charge on any atom is -0.385 e. The molecule has 8 heteroatoms. The van der Waals surface area contributed by atoms with Crippen molar-refractivity contribution in [3.8, 4) is 11.1 Å². The van der Waals surface area contributed by atoms with E-state index in [9.17, 15) is 14.1 Å². The van der Waals surface area contributed by atoms with Gasteiger partial charge in [0.1, 0.15) is 0 Å². The smallest absolute Gasteiger partial charge is 0.259 e. The Labute approximate surface area is 219 Å². The Kier molecular flexibility index (Phi) is 8.25. The van der Waals surface area contributed by atoms with E-state index in [4.69, 9.17) is 5.14 Å². The van der Waals surface area contributed by atoms with E-state index in [0.29, 0.717) is 4.88 Å². The number of carbonyl (C=O) groups is 1. The van der Waals surface area contributed by atoms with Crippen LogP contribution in [0.5, 0.6) is 0 Å². The van der Waals surface area contributed by atoms with E-state index < -0.39 is 21.4 Å². The number of aliphatic hydroxyl groups is 1. The van der Waals surface area contributed by atoms with Gasteiger partial charge in [0.25, 0.3) is 5.91 Å². The van der Waals surface area contributed by atoms with E-state index in [1.165, 1.54) is 17.3 Å². The van der Waals surface area contributed by atoms with E-state index >= 15 is 0 Å². The van der Waals surface area contributed by atoms with Crippen LogP contribution in [0, 0.1) is 13.8 Å².